The Balaban J connectivity index is 1.46. The van der Waals surface area contributed by atoms with E-state index < -0.39 is 0 Å². The largest absolute Gasteiger partial charge is 0.399 e. The Morgan fingerprint density at radius 2 is 1.90 bits per heavy atom. The predicted molar refractivity (Wildman–Crippen MR) is 124 cm³/mol. The van der Waals surface area contributed by atoms with Gasteiger partial charge in [-0.15, -0.1) is 11.3 Å². The quantitative estimate of drug-likeness (QED) is 0.348. The minimum Gasteiger partial charge on any atom is -0.399 e. The van der Waals surface area contributed by atoms with E-state index in [9.17, 15) is 4.79 Å². The van der Waals surface area contributed by atoms with Crippen LogP contribution in [0.3, 0.4) is 0 Å². The van der Waals surface area contributed by atoms with E-state index in [1.54, 1.807) is 23.9 Å². The van der Waals surface area contributed by atoms with Gasteiger partial charge < -0.3 is 16.0 Å². The molecule has 0 aliphatic rings. The third-order valence-corrected chi connectivity index (χ3v) is 5.93. The number of imidazole rings is 1. The topological polar surface area (TPSA) is 96.7 Å². The SMILES string of the molecule is Nc1ccc(C[C@H](NC(=O)CCc2ccccc2)c2csc(Cc3cnc[nH]3)n2)cc1. The van der Waals surface area contributed by atoms with Crippen LogP contribution in [0.5, 0.6) is 0 Å². The molecule has 0 saturated heterocycles. The molecule has 2 aromatic heterocycles. The summed E-state index contributed by atoms with van der Waals surface area (Å²) >= 11 is 1.60. The number of nitrogen functional groups attached to an aromatic ring is 1. The fourth-order valence-corrected chi connectivity index (χ4v) is 4.27. The number of nitrogens with two attached hydrogens (primary N) is 1. The summed E-state index contributed by atoms with van der Waals surface area (Å²) in [6.07, 6.45) is 5.97. The Morgan fingerprint density at radius 1 is 1.10 bits per heavy atom. The second-order valence-corrected chi connectivity index (χ2v) is 8.41. The van der Waals surface area contributed by atoms with Crippen molar-refractivity contribution < 1.29 is 4.79 Å². The second-order valence-electron chi connectivity index (χ2n) is 7.47. The van der Waals surface area contributed by atoms with Gasteiger partial charge in [-0.2, -0.15) is 0 Å². The molecule has 158 valence electrons. The number of carbonyl (C=O) groups is 1. The molecule has 0 bridgehead atoms. The lowest BCUT2D eigenvalue weighted by Gasteiger charge is -2.17. The molecule has 0 spiro atoms. The molecule has 4 N–H and O–H groups in total. The number of H-pyrrole nitrogens is 1. The number of anilines is 1. The van der Waals surface area contributed by atoms with Crippen LogP contribution in [0.1, 0.15) is 40.0 Å². The first-order valence-electron chi connectivity index (χ1n) is 10.2. The van der Waals surface area contributed by atoms with Crippen molar-refractivity contribution in [3.05, 3.63) is 100 Å². The lowest BCUT2D eigenvalue weighted by Crippen LogP contribution is -2.30. The summed E-state index contributed by atoms with van der Waals surface area (Å²) in [6, 6.07) is 17.6. The van der Waals surface area contributed by atoms with E-state index in [4.69, 9.17) is 10.7 Å². The van der Waals surface area contributed by atoms with Gasteiger partial charge in [-0.05, 0) is 36.1 Å². The maximum absolute atomic E-state index is 12.7. The van der Waals surface area contributed by atoms with Crippen LogP contribution in [0.2, 0.25) is 0 Å². The van der Waals surface area contributed by atoms with E-state index in [-0.39, 0.29) is 11.9 Å². The smallest absolute Gasteiger partial charge is 0.220 e. The number of amides is 1. The molecule has 31 heavy (non-hydrogen) atoms. The lowest BCUT2D eigenvalue weighted by molar-refractivity contribution is -0.121. The van der Waals surface area contributed by atoms with Crippen molar-refractivity contribution >= 4 is 22.9 Å². The highest BCUT2D eigenvalue weighted by atomic mass is 32.1. The zero-order chi connectivity index (χ0) is 21.5. The monoisotopic (exact) mass is 431 g/mol. The van der Waals surface area contributed by atoms with Gasteiger partial charge in [-0.1, -0.05) is 42.5 Å². The number of hydrogen-bond acceptors (Lipinski definition) is 5. The zero-order valence-corrected chi connectivity index (χ0v) is 17.9. The first kappa shape index (κ1) is 20.8. The molecule has 4 rings (SSSR count). The van der Waals surface area contributed by atoms with E-state index in [0.29, 0.717) is 25.7 Å². The molecular weight excluding hydrogens is 406 g/mol. The normalized spacial score (nSPS) is 11.9. The molecule has 2 heterocycles. The summed E-state index contributed by atoms with van der Waals surface area (Å²) in [6.45, 7) is 0. The zero-order valence-electron chi connectivity index (χ0n) is 17.1. The Kier molecular flexibility index (Phi) is 6.74. The average Bonchev–Trinajstić information content (AvgIpc) is 3.47. The summed E-state index contributed by atoms with van der Waals surface area (Å²) in [5.74, 6) is 0.0208. The number of thiazole rings is 1. The van der Waals surface area contributed by atoms with Gasteiger partial charge in [0.05, 0.1) is 23.1 Å². The van der Waals surface area contributed by atoms with Gasteiger partial charge in [-0.3, -0.25) is 4.79 Å². The van der Waals surface area contributed by atoms with Crippen molar-refractivity contribution in [1.29, 1.82) is 0 Å². The first-order valence-corrected chi connectivity index (χ1v) is 11.1. The first-order chi connectivity index (χ1) is 15.2. The molecule has 0 aliphatic carbocycles. The molecule has 1 atom stereocenters. The van der Waals surface area contributed by atoms with E-state index in [0.717, 1.165) is 33.2 Å². The molecule has 1 amide bonds. The van der Waals surface area contributed by atoms with Crippen LogP contribution in [0.4, 0.5) is 5.69 Å². The van der Waals surface area contributed by atoms with Crippen LogP contribution in [-0.2, 0) is 24.1 Å². The number of rotatable bonds is 9. The number of aryl methyl sites for hydroxylation is 1. The summed E-state index contributed by atoms with van der Waals surface area (Å²) in [5, 5.41) is 6.21. The molecule has 4 aromatic rings. The van der Waals surface area contributed by atoms with Crippen molar-refractivity contribution in [3.63, 3.8) is 0 Å². The van der Waals surface area contributed by atoms with E-state index in [1.165, 1.54) is 0 Å². The van der Waals surface area contributed by atoms with Crippen molar-refractivity contribution in [2.24, 2.45) is 0 Å². The third kappa shape index (κ3) is 6.02. The van der Waals surface area contributed by atoms with E-state index in [2.05, 4.69) is 15.3 Å². The molecule has 0 fully saturated rings. The highest BCUT2D eigenvalue weighted by Gasteiger charge is 2.19. The Labute approximate surface area is 185 Å². The van der Waals surface area contributed by atoms with Crippen LogP contribution in [0.15, 0.2) is 72.5 Å². The lowest BCUT2D eigenvalue weighted by atomic mass is 10.0. The van der Waals surface area contributed by atoms with Gasteiger partial charge >= 0.3 is 0 Å². The fourth-order valence-electron chi connectivity index (χ4n) is 3.40. The Bertz CT molecular complexity index is 1090. The Hall–Kier alpha value is -3.45. The van der Waals surface area contributed by atoms with Crippen LogP contribution in [-0.4, -0.2) is 20.9 Å². The maximum Gasteiger partial charge on any atom is 0.220 e. The number of aromatic amines is 1. The van der Waals surface area contributed by atoms with Gasteiger partial charge in [-0.25, -0.2) is 9.97 Å². The number of nitrogens with zero attached hydrogens (tertiary/aromatic N) is 2. The van der Waals surface area contributed by atoms with Crippen LogP contribution < -0.4 is 11.1 Å². The number of carbonyl (C=O) groups excluding carboxylic acids is 1. The van der Waals surface area contributed by atoms with E-state index in [1.807, 2.05) is 60.0 Å². The third-order valence-electron chi connectivity index (χ3n) is 5.06. The summed E-state index contributed by atoms with van der Waals surface area (Å²) < 4.78 is 0. The number of nitrogens with one attached hydrogen (secondary N) is 2. The van der Waals surface area contributed by atoms with E-state index >= 15 is 0 Å². The maximum atomic E-state index is 12.7. The number of benzene rings is 2. The fraction of sp³-hybridized carbons (Fsp3) is 0.208. The summed E-state index contributed by atoms with van der Waals surface area (Å²) in [7, 11) is 0. The summed E-state index contributed by atoms with van der Waals surface area (Å²) in [4.78, 5) is 24.7. The molecule has 0 unspecified atom stereocenters. The van der Waals surface area contributed by atoms with Gasteiger partial charge in [0.15, 0.2) is 0 Å². The van der Waals surface area contributed by atoms with Crippen molar-refractivity contribution in [3.8, 4) is 0 Å². The number of hydrogen-bond donors (Lipinski definition) is 3. The average molecular weight is 432 g/mol. The second kappa shape index (κ2) is 10.0. The standard InChI is InChI=1S/C24H25N5OS/c25-19-9-6-18(7-10-19)12-21(28-23(30)11-8-17-4-2-1-3-5-17)22-15-31-24(29-22)13-20-14-26-16-27-20/h1-7,9-10,14-16,21H,8,11-13,25H2,(H,26,27)(H,28,30)/t21-/m0/s1. The Morgan fingerprint density at radius 3 is 2.65 bits per heavy atom. The van der Waals surface area contributed by atoms with Crippen LogP contribution >= 0.6 is 11.3 Å². The van der Waals surface area contributed by atoms with Crippen molar-refractivity contribution in [1.82, 2.24) is 20.3 Å². The highest BCUT2D eigenvalue weighted by Crippen LogP contribution is 2.23. The van der Waals surface area contributed by atoms with Gasteiger partial charge in [0.1, 0.15) is 0 Å². The van der Waals surface area contributed by atoms with Gasteiger partial charge in [0.25, 0.3) is 0 Å². The van der Waals surface area contributed by atoms with Crippen molar-refractivity contribution in [2.75, 3.05) is 5.73 Å². The minimum absolute atomic E-state index is 0.0208. The minimum atomic E-state index is -0.196. The summed E-state index contributed by atoms with van der Waals surface area (Å²) in [5.41, 5.74) is 10.7. The molecule has 0 aliphatic heterocycles. The van der Waals surface area contributed by atoms with Gasteiger partial charge in [0.2, 0.25) is 5.91 Å². The molecule has 2 aromatic carbocycles. The highest BCUT2D eigenvalue weighted by molar-refractivity contribution is 7.09. The van der Waals surface area contributed by atoms with Gasteiger partial charge in [0, 0.05) is 35.8 Å². The molecule has 7 heteroatoms. The van der Waals surface area contributed by atoms with Crippen molar-refractivity contribution in [2.45, 2.75) is 31.7 Å². The molecule has 0 radical (unpaired) electrons. The number of aromatic nitrogens is 3. The molecule has 6 nitrogen and oxygen atoms in total. The predicted octanol–water partition coefficient (Wildman–Crippen LogP) is 4.07. The molecular formula is C24H25N5OS. The van der Waals surface area contributed by atoms with Crippen LogP contribution in [0, 0.1) is 0 Å². The van der Waals surface area contributed by atoms with Crippen LogP contribution in [0.25, 0.3) is 0 Å². The molecule has 0 saturated carbocycles.